The molecule has 25 heavy (non-hydrogen) atoms. The van der Waals surface area contributed by atoms with Gasteiger partial charge in [-0.2, -0.15) is 5.10 Å². The van der Waals surface area contributed by atoms with Crippen molar-refractivity contribution < 1.29 is 9.90 Å². The van der Waals surface area contributed by atoms with Crippen molar-refractivity contribution in [1.29, 1.82) is 0 Å². The Kier molecular flexibility index (Phi) is 5.53. The maximum atomic E-state index is 12.3. The first-order valence-electron chi connectivity index (χ1n) is 9.16. The zero-order chi connectivity index (χ0) is 17.8. The summed E-state index contributed by atoms with van der Waals surface area (Å²) in [6.45, 7) is 4.45. The summed E-state index contributed by atoms with van der Waals surface area (Å²) in [6.07, 6.45) is 5.89. The van der Waals surface area contributed by atoms with Gasteiger partial charge in [0.15, 0.2) is 0 Å². The maximum absolute atomic E-state index is 12.3. The third-order valence-corrected chi connectivity index (χ3v) is 4.98. The van der Waals surface area contributed by atoms with Crippen molar-refractivity contribution in [2.75, 3.05) is 6.54 Å². The SMILES string of the molecule is CC(C)c1ccc(C(O)CNC(=O)c2ccn(C3CCCC3)n2)cc1. The molecule has 1 aromatic heterocycles. The lowest BCUT2D eigenvalue weighted by molar-refractivity contribution is 0.0910. The van der Waals surface area contributed by atoms with Gasteiger partial charge in [0.05, 0.1) is 12.1 Å². The number of carbonyl (C=O) groups is 1. The van der Waals surface area contributed by atoms with Crippen molar-refractivity contribution in [3.05, 3.63) is 53.3 Å². The van der Waals surface area contributed by atoms with E-state index in [1.54, 1.807) is 6.07 Å². The van der Waals surface area contributed by atoms with E-state index in [4.69, 9.17) is 0 Å². The third-order valence-electron chi connectivity index (χ3n) is 4.98. The smallest absolute Gasteiger partial charge is 0.271 e. The van der Waals surface area contributed by atoms with Gasteiger partial charge in [-0.1, -0.05) is 51.0 Å². The van der Waals surface area contributed by atoms with Crippen LogP contribution in [0.1, 0.15) is 79.2 Å². The number of carbonyl (C=O) groups excluding carboxylic acids is 1. The van der Waals surface area contributed by atoms with E-state index in [0.29, 0.717) is 17.7 Å². The molecule has 1 unspecified atom stereocenters. The minimum atomic E-state index is -0.720. The van der Waals surface area contributed by atoms with Crippen LogP contribution in [0.15, 0.2) is 36.5 Å². The van der Waals surface area contributed by atoms with E-state index < -0.39 is 6.10 Å². The molecule has 0 radical (unpaired) electrons. The van der Waals surface area contributed by atoms with Crippen LogP contribution in [0.3, 0.4) is 0 Å². The fourth-order valence-corrected chi connectivity index (χ4v) is 3.33. The van der Waals surface area contributed by atoms with Crippen molar-refractivity contribution in [2.45, 2.75) is 57.6 Å². The number of amides is 1. The van der Waals surface area contributed by atoms with E-state index in [2.05, 4.69) is 24.3 Å². The molecular weight excluding hydrogens is 314 g/mol. The van der Waals surface area contributed by atoms with Gasteiger partial charge in [-0.15, -0.1) is 0 Å². The maximum Gasteiger partial charge on any atom is 0.271 e. The van der Waals surface area contributed by atoms with Gasteiger partial charge >= 0.3 is 0 Å². The second-order valence-corrected chi connectivity index (χ2v) is 7.17. The van der Waals surface area contributed by atoms with Crippen LogP contribution < -0.4 is 5.32 Å². The summed E-state index contributed by atoms with van der Waals surface area (Å²) in [4.78, 5) is 12.3. The minimum Gasteiger partial charge on any atom is -0.387 e. The summed E-state index contributed by atoms with van der Waals surface area (Å²) in [5.41, 5.74) is 2.45. The van der Waals surface area contributed by atoms with Crippen LogP contribution in [0, 0.1) is 0 Å². The number of hydrogen-bond acceptors (Lipinski definition) is 3. The molecule has 1 heterocycles. The summed E-state index contributed by atoms with van der Waals surface area (Å²) < 4.78 is 1.91. The molecule has 5 heteroatoms. The van der Waals surface area contributed by atoms with Crippen LogP contribution >= 0.6 is 0 Å². The number of hydrogen-bond donors (Lipinski definition) is 2. The van der Waals surface area contributed by atoms with E-state index in [1.807, 2.05) is 35.1 Å². The molecule has 5 nitrogen and oxygen atoms in total. The molecule has 1 saturated carbocycles. The van der Waals surface area contributed by atoms with E-state index in [-0.39, 0.29) is 12.5 Å². The Labute approximate surface area is 149 Å². The number of aromatic nitrogens is 2. The molecule has 1 amide bonds. The predicted octanol–water partition coefficient (Wildman–Crippen LogP) is 3.59. The van der Waals surface area contributed by atoms with Gasteiger partial charge in [0.25, 0.3) is 5.91 Å². The van der Waals surface area contributed by atoms with Crippen molar-refractivity contribution >= 4 is 5.91 Å². The zero-order valence-corrected chi connectivity index (χ0v) is 15.0. The monoisotopic (exact) mass is 341 g/mol. The average molecular weight is 341 g/mol. The van der Waals surface area contributed by atoms with E-state index >= 15 is 0 Å². The van der Waals surface area contributed by atoms with E-state index in [9.17, 15) is 9.90 Å². The molecule has 3 rings (SSSR count). The van der Waals surface area contributed by atoms with Crippen molar-refractivity contribution in [3.63, 3.8) is 0 Å². The van der Waals surface area contributed by atoms with E-state index in [1.165, 1.54) is 18.4 Å². The average Bonchev–Trinajstić information content (AvgIpc) is 3.30. The van der Waals surface area contributed by atoms with Gasteiger partial charge in [0.1, 0.15) is 5.69 Å². The molecule has 1 aliphatic carbocycles. The first kappa shape index (κ1) is 17.7. The zero-order valence-electron chi connectivity index (χ0n) is 15.0. The molecule has 1 aliphatic rings. The van der Waals surface area contributed by atoms with Crippen LogP contribution in [0.4, 0.5) is 0 Å². The second kappa shape index (κ2) is 7.83. The molecule has 0 bridgehead atoms. The lowest BCUT2D eigenvalue weighted by atomic mass is 10.00. The number of aliphatic hydroxyl groups is 1. The lowest BCUT2D eigenvalue weighted by Crippen LogP contribution is -2.29. The van der Waals surface area contributed by atoms with E-state index in [0.717, 1.165) is 18.4 Å². The fraction of sp³-hybridized carbons (Fsp3) is 0.500. The first-order valence-corrected chi connectivity index (χ1v) is 9.16. The molecule has 1 atom stereocenters. The largest absolute Gasteiger partial charge is 0.387 e. The number of nitrogens with one attached hydrogen (secondary N) is 1. The predicted molar refractivity (Wildman–Crippen MR) is 97.6 cm³/mol. The fourth-order valence-electron chi connectivity index (χ4n) is 3.33. The normalized spacial score (nSPS) is 16.3. The summed E-state index contributed by atoms with van der Waals surface area (Å²) >= 11 is 0. The van der Waals surface area contributed by atoms with Gasteiger partial charge in [-0.3, -0.25) is 9.48 Å². The third kappa shape index (κ3) is 4.28. The van der Waals surface area contributed by atoms with Gasteiger partial charge in [0, 0.05) is 12.7 Å². The molecule has 1 aromatic carbocycles. The highest BCUT2D eigenvalue weighted by Crippen LogP contribution is 2.28. The molecule has 0 spiro atoms. The summed E-state index contributed by atoms with van der Waals surface area (Å²) in [5.74, 6) is 0.218. The quantitative estimate of drug-likeness (QED) is 0.844. The second-order valence-electron chi connectivity index (χ2n) is 7.17. The van der Waals surface area contributed by atoms with Gasteiger partial charge < -0.3 is 10.4 Å². The standard InChI is InChI=1S/C20H27N3O2/c1-14(2)15-7-9-16(10-8-15)19(24)13-21-20(25)18-11-12-23(22-18)17-5-3-4-6-17/h7-12,14,17,19,24H,3-6,13H2,1-2H3,(H,21,25). The minimum absolute atomic E-state index is 0.177. The molecule has 2 aromatic rings. The van der Waals surface area contributed by atoms with Gasteiger partial charge in [-0.25, -0.2) is 0 Å². The molecular formula is C20H27N3O2. The summed E-state index contributed by atoms with van der Waals surface area (Å²) in [6, 6.07) is 10.0. The summed E-state index contributed by atoms with van der Waals surface area (Å²) in [7, 11) is 0. The molecule has 0 aliphatic heterocycles. The Hall–Kier alpha value is -2.14. The number of rotatable bonds is 6. The lowest BCUT2D eigenvalue weighted by Gasteiger charge is -2.13. The molecule has 0 saturated heterocycles. The van der Waals surface area contributed by atoms with Crippen LogP contribution in [-0.2, 0) is 0 Å². The Morgan fingerprint density at radius 1 is 1.20 bits per heavy atom. The van der Waals surface area contributed by atoms with Crippen LogP contribution in [0.5, 0.6) is 0 Å². The van der Waals surface area contributed by atoms with Gasteiger partial charge in [0.2, 0.25) is 0 Å². The highest BCUT2D eigenvalue weighted by atomic mass is 16.3. The molecule has 134 valence electrons. The van der Waals surface area contributed by atoms with Gasteiger partial charge in [-0.05, 0) is 36.0 Å². The van der Waals surface area contributed by atoms with Crippen LogP contribution in [0.25, 0.3) is 0 Å². The Morgan fingerprint density at radius 2 is 1.84 bits per heavy atom. The number of benzene rings is 1. The van der Waals surface area contributed by atoms with Crippen molar-refractivity contribution in [2.24, 2.45) is 0 Å². The highest BCUT2D eigenvalue weighted by Gasteiger charge is 2.19. The number of aliphatic hydroxyl groups excluding tert-OH is 1. The Morgan fingerprint density at radius 3 is 2.48 bits per heavy atom. The highest BCUT2D eigenvalue weighted by molar-refractivity contribution is 5.92. The molecule has 2 N–H and O–H groups in total. The molecule has 1 fully saturated rings. The van der Waals surface area contributed by atoms with Crippen LogP contribution in [-0.4, -0.2) is 27.3 Å². The van der Waals surface area contributed by atoms with Crippen LogP contribution in [0.2, 0.25) is 0 Å². The van der Waals surface area contributed by atoms with Crippen molar-refractivity contribution in [1.82, 2.24) is 15.1 Å². The number of nitrogens with zero attached hydrogens (tertiary/aromatic N) is 2. The topological polar surface area (TPSA) is 67.2 Å². The Bertz CT molecular complexity index is 700. The van der Waals surface area contributed by atoms with Crippen molar-refractivity contribution in [3.8, 4) is 0 Å². The summed E-state index contributed by atoms with van der Waals surface area (Å²) in [5, 5.41) is 17.5. The Balaban J connectivity index is 1.54. The first-order chi connectivity index (χ1) is 12.0.